The van der Waals surface area contributed by atoms with E-state index >= 15 is 4.39 Å². The number of nitrogens with zero attached hydrogens (tertiary/aromatic N) is 8. The van der Waals surface area contributed by atoms with Crippen molar-refractivity contribution in [2.24, 2.45) is 0 Å². The summed E-state index contributed by atoms with van der Waals surface area (Å²) in [6.07, 6.45) is 4.73. The minimum atomic E-state index is -0.570. The molecule has 2 aliphatic rings. The average molecular weight is 1120 g/mol. The molecule has 1 unspecified atom stereocenters. The van der Waals surface area contributed by atoms with Crippen LogP contribution in [0.4, 0.5) is 31.5 Å². The Hall–Kier alpha value is -9.26. The Kier molecular flexibility index (Phi) is 14.1. The number of nitrogens with one attached hydrogen (secondary N) is 2. The van der Waals surface area contributed by atoms with Gasteiger partial charge in [0.25, 0.3) is 23.6 Å². The lowest BCUT2D eigenvalue weighted by molar-refractivity contribution is 0.0975. The molecule has 0 aliphatic carbocycles. The lowest BCUT2D eigenvalue weighted by Crippen LogP contribution is -2.33. The van der Waals surface area contributed by atoms with E-state index in [0.717, 1.165) is 37.7 Å². The maximum atomic E-state index is 16.2. The summed E-state index contributed by atoms with van der Waals surface area (Å²) in [6.45, 7) is 8.83. The van der Waals surface area contributed by atoms with Crippen molar-refractivity contribution in [2.75, 3.05) is 33.5 Å². The molecule has 6 aromatic heterocycles. The number of thiophene rings is 2. The van der Waals surface area contributed by atoms with Gasteiger partial charge in [-0.25, -0.2) is 18.7 Å². The van der Waals surface area contributed by atoms with Gasteiger partial charge in [0.15, 0.2) is 0 Å². The number of aryl methyl sites for hydroxylation is 3. The number of aromatic nitrogens is 6. The van der Waals surface area contributed by atoms with Crippen molar-refractivity contribution >= 4 is 69.1 Å². The summed E-state index contributed by atoms with van der Waals surface area (Å²) >= 11 is 2.62. The number of pyridine rings is 2. The summed E-state index contributed by atoms with van der Waals surface area (Å²) in [5, 5.41) is 14.6. The van der Waals surface area contributed by atoms with Crippen molar-refractivity contribution in [1.29, 1.82) is 0 Å². The number of para-hydroxylation sites is 3. The second kappa shape index (κ2) is 21.8. The fourth-order valence-electron chi connectivity index (χ4n) is 10.8. The lowest BCUT2D eigenvalue weighted by atomic mass is 10.0. The van der Waals surface area contributed by atoms with E-state index in [-0.39, 0.29) is 34.9 Å². The number of amides is 4. The van der Waals surface area contributed by atoms with Crippen LogP contribution in [0.15, 0.2) is 152 Å². The van der Waals surface area contributed by atoms with Crippen LogP contribution in [-0.4, -0.2) is 66.2 Å². The molecule has 0 radical (unpaired) electrons. The van der Waals surface area contributed by atoms with Crippen molar-refractivity contribution < 1.29 is 28.0 Å². The number of fused-ring (bicyclic) bond motifs is 6. The van der Waals surface area contributed by atoms with E-state index in [1.54, 1.807) is 66.4 Å². The predicted octanol–water partition coefficient (Wildman–Crippen LogP) is 13.3. The molecule has 0 saturated carbocycles. The molecule has 4 amide bonds. The highest BCUT2D eigenvalue weighted by Gasteiger charge is 2.31. The van der Waals surface area contributed by atoms with Gasteiger partial charge in [0.05, 0.1) is 61.3 Å². The zero-order valence-electron chi connectivity index (χ0n) is 44.5. The SMILES string of the molecule is CCn1nccc1-c1cccc(C(=O)N2CCc3cc(C(=O)Nc4c(C)cc(CC(C)n5nccc5-c5cccc(C(=O)N6CCc7cc(C(=O)Nc8c(C)cccc8F)sc7-c7ccccc76)n5)cc4F)sc3-c3ccccc32)n1. The van der Waals surface area contributed by atoms with Crippen molar-refractivity contribution in [3.63, 3.8) is 0 Å². The van der Waals surface area contributed by atoms with Crippen LogP contribution in [0.3, 0.4) is 0 Å². The quantitative estimate of drug-likeness (QED) is 0.122. The number of carbonyl (C=O) groups is 4. The second-order valence-electron chi connectivity index (χ2n) is 20.0. The Morgan fingerprint density at radius 2 is 1.12 bits per heavy atom. The minimum absolute atomic E-state index is 0.0888. The molecule has 0 spiro atoms. The van der Waals surface area contributed by atoms with Gasteiger partial charge in [0.1, 0.15) is 23.0 Å². The topological polar surface area (TPSA) is 160 Å². The number of benzene rings is 4. The molecule has 0 bridgehead atoms. The van der Waals surface area contributed by atoms with Gasteiger partial charge in [-0.2, -0.15) is 10.2 Å². The third-order valence-electron chi connectivity index (χ3n) is 14.8. The van der Waals surface area contributed by atoms with E-state index in [2.05, 4.69) is 20.8 Å². The smallest absolute Gasteiger partial charge is 0.276 e. The molecule has 18 heteroatoms. The van der Waals surface area contributed by atoms with E-state index in [1.807, 2.05) is 120 Å². The van der Waals surface area contributed by atoms with Gasteiger partial charge in [-0.05, 0) is 148 Å². The van der Waals surface area contributed by atoms with E-state index in [1.165, 1.54) is 34.8 Å². The van der Waals surface area contributed by atoms with Crippen LogP contribution >= 0.6 is 22.7 Å². The Balaban J connectivity index is 0.723. The Morgan fingerprint density at radius 1 is 0.593 bits per heavy atom. The third kappa shape index (κ3) is 10.0. The van der Waals surface area contributed by atoms with Crippen LogP contribution in [0.5, 0.6) is 0 Å². The molecule has 10 aromatic rings. The molecule has 2 aliphatic heterocycles. The molecule has 12 rings (SSSR count). The second-order valence-corrected chi connectivity index (χ2v) is 22.2. The van der Waals surface area contributed by atoms with E-state index in [9.17, 15) is 23.6 Å². The molecule has 14 nitrogen and oxygen atoms in total. The molecular formula is C63H52F2N10O4S2. The molecule has 2 N–H and O–H groups in total. The highest BCUT2D eigenvalue weighted by molar-refractivity contribution is 7.18. The summed E-state index contributed by atoms with van der Waals surface area (Å²) in [5.74, 6) is -2.44. The first kappa shape index (κ1) is 52.4. The zero-order valence-corrected chi connectivity index (χ0v) is 46.2. The minimum Gasteiger partial charge on any atom is -0.319 e. The highest BCUT2D eigenvalue weighted by Crippen LogP contribution is 2.44. The van der Waals surface area contributed by atoms with Gasteiger partial charge in [-0.1, -0.05) is 66.7 Å². The van der Waals surface area contributed by atoms with Crippen LogP contribution < -0.4 is 20.4 Å². The van der Waals surface area contributed by atoms with Crippen LogP contribution in [-0.2, 0) is 25.8 Å². The number of hydrogen-bond acceptors (Lipinski definition) is 10. The summed E-state index contributed by atoms with van der Waals surface area (Å²) in [6, 6.07) is 41.0. The first-order valence-corrected chi connectivity index (χ1v) is 28.2. The van der Waals surface area contributed by atoms with Gasteiger partial charge < -0.3 is 20.4 Å². The van der Waals surface area contributed by atoms with Gasteiger partial charge in [-0.15, -0.1) is 22.7 Å². The monoisotopic (exact) mass is 1110 g/mol. The molecule has 4 aromatic carbocycles. The molecule has 0 saturated heterocycles. The average Bonchev–Trinajstić information content (AvgIpc) is 4.34. The van der Waals surface area contributed by atoms with E-state index < -0.39 is 23.4 Å². The Labute approximate surface area is 473 Å². The van der Waals surface area contributed by atoms with Gasteiger partial charge in [0, 0.05) is 52.9 Å². The highest BCUT2D eigenvalue weighted by atomic mass is 32.1. The number of rotatable bonds is 12. The number of halogens is 2. The molecule has 404 valence electrons. The molecule has 8 heterocycles. The van der Waals surface area contributed by atoms with E-state index in [0.29, 0.717) is 99.5 Å². The van der Waals surface area contributed by atoms with Gasteiger partial charge in [-0.3, -0.25) is 28.5 Å². The fourth-order valence-corrected chi connectivity index (χ4v) is 13.1. The number of anilines is 4. The number of carbonyl (C=O) groups excluding carboxylic acids is 4. The lowest BCUT2D eigenvalue weighted by Gasteiger charge is -2.23. The van der Waals surface area contributed by atoms with Crippen LogP contribution in [0, 0.1) is 25.5 Å². The fraction of sp³-hybridized carbons (Fsp3) is 0.175. The third-order valence-corrected chi connectivity index (χ3v) is 17.2. The summed E-state index contributed by atoms with van der Waals surface area (Å²) in [7, 11) is 0. The number of hydrogen-bond donors (Lipinski definition) is 2. The summed E-state index contributed by atoms with van der Waals surface area (Å²) < 4.78 is 34.5. The van der Waals surface area contributed by atoms with Gasteiger partial charge in [0.2, 0.25) is 0 Å². The standard InChI is InChI=1S/C63H52F2N10O4S2/c1-5-74-52(23-27-66-74)46-17-11-19-48(68-46)62(78)72-29-25-41-35-55(81-59(41)42-14-6-8-21-50(42)72)61(77)71-57-37(3)31-39(33-45(57)65)32-38(4)75-53(24-28-67-75)47-18-12-20-49(69-47)63(79)73-30-26-40-34-54(80-58(40)43-15-7-9-22-51(43)73)60(76)70-56-36(2)13-10-16-44(56)64/h6-24,27-28,31,33-35,38H,5,25-26,29-30,32H2,1-4H3,(H,70,76)(H,71,77). The molecular weight excluding hydrogens is 1060 g/mol. The normalized spacial score (nSPS) is 13.1. The summed E-state index contributed by atoms with van der Waals surface area (Å²) in [5.41, 5.74) is 10.2. The zero-order chi connectivity index (χ0) is 56.1. The van der Waals surface area contributed by atoms with Crippen molar-refractivity contribution in [3.8, 4) is 43.7 Å². The first-order chi connectivity index (χ1) is 39.3. The predicted molar refractivity (Wildman–Crippen MR) is 313 cm³/mol. The first-order valence-electron chi connectivity index (χ1n) is 26.6. The maximum absolute atomic E-state index is 16.2. The Morgan fingerprint density at radius 3 is 1.69 bits per heavy atom. The Bertz CT molecular complexity index is 4100. The van der Waals surface area contributed by atoms with Crippen molar-refractivity contribution in [3.05, 3.63) is 213 Å². The van der Waals surface area contributed by atoms with Crippen LogP contribution in [0.25, 0.3) is 43.7 Å². The molecule has 0 fully saturated rings. The summed E-state index contributed by atoms with van der Waals surface area (Å²) in [4.78, 5) is 71.9. The van der Waals surface area contributed by atoms with Crippen molar-refractivity contribution in [1.82, 2.24) is 29.5 Å². The van der Waals surface area contributed by atoms with E-state index in [4.69, 9.17) is 9.97 Å². The van der Waals surface area contributed by atoms with Gasteiger partial charge >= 0.3 is 0 Å². The van der Waals surface area contributed by atoms with Crippen molar-refractivity contribution in [2.45, 2.75) is 59.5 Å². The maximum Gasteiger partial charge on any atom is 0.276 e. The molecule has 1 atom stereocenters. The molecule has 81 heavy (non-hydrogen) atoms. The van der Waals surface area contributed by atoms with Crippen LogP contribution in [0.1, 0.15) is 88.0 Å². The van der Waals surface area contributed by atoms with Crippen LogP contribution in [0.2, 0.25) is 0 Å². The largest absolute Gasteiger partial charge is 0.319 e.